The molecule has 1 rings (SSSR count). The average Bonchev–Trinajstić information content (AvgIpc) is 2.23. The highest BCUT2D eigenvalue weighted by atomic mass is 19.1. The molecule has 4 heteroatoms. The van der Waals surface area contributed by atoms with Gasteiger partial charge < -0.3 is 10.8 Å². The molecule has 0 spiro atoms. The summed E-state index contributed by atoms with van der Waals surface area (Å²) in [6.07, 6.45) is 0.619. The van der Waals surface area contributed by atoms with Crippen LogP contribution in [-0.4, -0.2) is 11.7 Å². The van der Waals surface area contributed by atoms with Gasteiger partial charge in [-0.3, -0.25) is 0 Å². The van der Waals surface area contributed by atoms with Crippen LogP contribution in [0.15, 0.2) is 18.2 Å². The summed E-state index contributed by atoms with van der Waals surface area (Å²) in [7, 11) is 0. The van der Waals surface area contributed by atoms with Crippen LogP contribution in [-0.2, 0) is 0 Å². The molecule has 84 valence electrons. The van der Waals surface area contributed by atoms with Crippen LogP contribution in [0.25, 0.3) is 0 Å². The van der Waals surface area contributed by atoms with E-state index >= 15 is 0 Å². The van der Waals surface area contributed by atoms with Gasteiger partial charge in [-0.15, -0.1) is 0 Å². The molecule has 2 atom stereocenters. The minimum atomic E-state index is -0.671. The largest absolute Gasteiger partial charge is 0.396 e. The minimum Gasteiger partial charge on any atom is -0.396 e. The summed E-state index contributed by atoms with van der Waals surface area (Å²) in [6.45, 7) is 1.71. The van der Waals surface area contributed by atoms with Crippen molar-refractivity contribution in [3.8, 4) is 0 Å². The summed E-state index contributed by atoms with van der Waals surface area (Å²) in [5, 5.41) is 9.02. The summed E-state index contributed by atoms with van der Waals surface area (Å²) in [5.74, 6) is -1.30. The Labute approximate surface area is 87.7 Å². The minimum absolute atomic E-state index is 0.121. The number of rotatable bonds is 4. The molecule has 1 aromatic carbocycles. The van der Waals surface area contributed by atoms with Crippen molar-refractivity contribution in [3.05, 3.63) is 35.4 Å². The van der Waals surface area contributed by atoms with E-state index in [0.29, 0.717) is 6.42 Å². The maximum atomic E-state index is 13.3. The van der Waals surface area contributed by atoms with E-state index in [1.54, 1.807) is 0 Å². The van der Waals surface area contributed by atoms with Crippen molar-refractivity contribution in [1.82, 2.24) is 0 Å². The number of aliphatic hydroxyl groups excluding tert-OH is 1. The first-order valence-corrected chi connectivity index (χ1v) is 4.91. The molecule has 0 amide bonds. The third kappa shape index (κ3) is 2.73. The third-order valence-corrected chi connectivity index (χ3v) is 2.58. The number of hydrogen-bond donors (Lipinski definition) is 2. The van der Waals surface area contributed by atoms with E-state index < -0.39 is 17.7 Å². The second kappa shape index (κ2) is 5.19. The molecule has 2 unspecified atom stereocenters. The van der Waals surface area contributed by atoms with E-state index in [9.17, 15) is 8.78 Å². The molecular weight excluding hydrogens is 200 g/mol. The van der Waals surface area contributed by atoms with Crippen molar-refractivity contribution in [2.45, 2.75) is 19.4 Å². The highest BCUT2D eigenvalue weighted by molar-refractivity contribution is 5.22. The highest BCUT2D eigenvalue weighted by Gasteiger charge is 2.20. The Morgan fingerprint density at radius 2 is 2.07 bits per heavy atom. The van der Waals surface area contributed by atoms with E-state index in [-0.39, 0.29) is 18.1 Å². The van der Waals surface area contributed by atoms with Crippen molar-refractivity contribution >= 4 is 0 Å². The Bertz CT molecular complexity index is 326. The van der Waals surface area contributed by atoms with Crippen molar-refractivity contribution in [3.63, 3.8) is 0 Å². The first-order chi connectivity index (χ1) is 7.10. The summed E-state index contributed by atoms with van der Waals surface area (Å²) >= 11 is 0. The molecule has 0 aliphatic carbocycles. The third-order valence-electron chi connectivity index (χ3n) is 2.58. The van der Waals surface area contributed by atoms with Gasteiger partial charge >= 0.3 is 0 Å². The van der Waals surface area contributed by atoms with Crippen LogP contribution < -0.4 is 5.73 Å². The van der Waals surface area contributed by atoms with E-state index in [1.165, 1.54) is 0 Å². The smallest absolute Gasteiger partial charge is 0.128 e. The van der Waals surface area contributed by atoms with Gasteiger partial charge in [-0.05, 0) is 24.6 Å². The zero-order chi connectivity index (χ0) is 11.4. The second-order valence-corrected chi connectivity index (χ2v) is 3.54. The number of aliphatic hydroxyl groups is 1. The van der Waals surface area contributed by atoms with Crippen LogP contribution >= 0.6 is 0 Å². The molecule has 0 radical (unpaired) electrons. The lowest BCUT2D eigenvalue weighted by molar-refractivity contribution is 0.199. The van der Waals surface area contributed by atoms with Crippen molar-refractivity contribution in [2.24, 2.45) is 11.7 Å². The van der Waals surface area contributed by atoms with Gasteiger partial charge in [0.05, 0.1) is 0 Å². The number of halogens is 2. The summed E-state index contributed by atoms with van der Waals surface area (Å²) < 4.78 is 26.2. The fourth-order valence-electron chi connectivity index (χ4n) is 1.52. The summed E-state index contributed by atoms with van der Waals surface area (Å²) in [6, 6.07) is 2.51. The molecular formula is C11H15F2NO. The van der Waals surface area contributed by atoms with Gasteiger partial charge in [-0.2, -0.15) is 0 Å². The second-order valence-electron chi connectivity index (χ2n) is 3.54. The molecule has 2 nitrogen and oxygen atoms in total. The van der Waals surface area contributed by atoms with Crippen LogP contribution in [0.1, 0.15) is 24.9 Å². The Hall–Kier alpha value is -1.00. The molecule has 1 aromatic rings. The topological polar surface area (TPSA) is 46.2 Å². The zero-order valence-corrected chi connectivity index (χ0v) is 8.58. The Kier molecular flexibility index (Phi) is 4.17. The molecule has 0 aromatic heterocycles. The lowest BCUT2D eigenvalue weighted by Crippen LogP contribution is -2.24. The Balaban J connectivity index is 2.98. The number of benzene rings is 1. The molecule has 0 saturated heterocycles. The zero-order valence-electron chi connectivity index (χ0n) is 8.58. The first-order valence-electron chi connectivity index (χ1n) is 4.91. The molecule has 15 heavy (non-hydrogen) atoms. The fourth-order valence-corrected chi connectivity index (χ4v) is 1.52. The molecule has 0 heterocycles. The lowest BCUT2D eigenvalue weighted by atomic mass is 9.92. The normalized spacial score (nSPS) is 15.0. The van der Waals surface area contributed by atoms with Crippen molar-refractivity contribution in [2.75, 3.05) is 6.61 Å². The highest BCUT2D eigenvalue weighted by Crippen LogP contribution is 2.24. The predicted molar refractivity (Wildman–Crippen MR) is 54.2 cm³/mol. The van der Waals surface area contributed by atoms with E-state index in [2.05, 4.69) is 0 Å². The fraction of sp³-hybridized carbons (Fsp3) is 0.455. The quantitative estimate of drug-likeness (QED) is 0.806. The molecule has 0 fully saturated rings. The SMILES string of the molecule is CCC(CO)C(N)c1cc(F)ccc1F. The molecule has 0 aliphatic rings. The Morgan fingerprint density at radius 1 is 1.40 bits per heavy atom. The van der Waals surface area contributed by atoms with Gasteiger partial charge in [0.2, 0.25) is 0 Å². The predicted octanol–water partition coefficient (Wildman–Crippen LogP) is 1.98. The van der Waals surface area contributed by atoms with Gasteiger partial charge in [-0.1, -0.05) is 6.92 Å². The van der Waals surface area contributed by atoms with E-state index in [4.69, 9.17) is 10.8 Å². The van der Waals surface area contributed by atoms with Crippen LogP contribution in [0.2, 0.25) is 0 Å². The summed E-state index contributed by atoms with van der Waals surface area (Å²) in [5.41, 5.74) is 5.88. The standard InChI is InChI=1S/C11H15F2NO/c1-2-7(6-15)11(14)9-5-8(12)3-4-10(9)13/h3-5,7,11,15H,2,6,14H2,1H3. The maximum Gasteiger partial charge on any atom is 0.128 e. The average molecular weight is 215 g/mol. The van der Waals surface area contributed by atoms with E-state index in [1.807, 2.05) is 6.92 Å². The van der Waals surface area contributed by atoms with Crippen LogP contribution in [0.4, 0.5) is 8.78 Å². The Morgan fingerprint density at radius 3 is 2.60 bits per heavy atom. The van der Waals surface area contributed by atoms with Gasteiger partial charge in [0, 0.05) is 24.1 Å². The first kappa shape index (κ1) is 12.1. The monoisotopic (exact) mass is 215 g/mol. The number of nitrogens with two attached hydrogens (primary N) is 1. The summed E-state index contributed by atoms with van der Waals surface area (Å²) in [4.78, 5) is 0. The molecule has 0 aliphatic heterocycles. The number of hydrogen-bond acceptors (Lipinski definition) is 2. The molecule has 0 bridgehead atoms. The maximum absolute atomic E-state index is 13.3. The van der Waals surface area contributed by atoms with Crippen LogP contribution in [0.3, 0.4) is 0 Å². The van der Waals surface area contributed by atoms with Gasteiger partial charge in [0.15, 0.2) is 0 Å². The molecule has 0 saturated carbocycles. The molecule has 3 N–H and O–H groups in total. The van der Waals surface area contributed by atoms with Crippen molar-refractivity contribution in [1.29, 1.82) is 0 Å². The van der Waals surface area contributed by atoms with Crippen LogP contribution in [0.5, 0.6) is 0 Å². The van der Waals surface area contributed by atoms with Gasteiger partial charge in [0.25, 0.3) is 0 Å². The van der Waals surface area contributed by atoms with Crippen molar-refractivity contribution < 1.29 is 13.9 Å². The van der Waals surface area contributed by atoms with E-state index in [0.717, 1.165) is 18.2 Å². The van der Waals surface area contributed by atoms with Gasteiger partial charge in [0.1, 0.15) is 11.6 Å². The van der Waals surface area contributed by atoms with Crippen LogP contribution in [0, 0.1) is 17.6 Å². The lowest BCUT2D eigenvalue weighted by Gasteiger charge is -2.21. The van der Waals surface area contributed by atoms with Gasteiger partial charge in [-0.25, -0.2) is 8.78 Å².